The van der Waals surface area contributed by atoms with Crippen molar-refractivity contribution < 1.29 is 4.79 Å². The predicted molar refractivity (Wildman–Crippen MR) is 65.6 cm³/mol. The quantitative estimate of drug-likeness (QED) is 0.798. The van der Waals surface area contributed by atoms with Crippen LogP contribution in [0.15, 0.2) is 12.4 Å². The lowest BCUT2D eigenvalue weighted by Gasteiger charge is -2.22. The molecular weight excluding hydrogens is 216 g/mol. The maximum absolute atomic E-state index is 11.8. The van der Waals surface area contributed by atoms with Gasteiger partial charge in [0, 0.05) is 12.7 Å². The highest BCUT2D eigenvalue weighted by Gasteiger charge is 2.19. The average molecular weight is 236 g/mol. The summed E-state index contributed by atoms with van der Waals surface area (Å²) in [5.41, 5.74) is 1.14. The highest BCUT2D eigenvalue weighted by atomic mass is 16.2. The van der Waals surface area contributed by atoms with Crippen molar-refractivity contribution in [2.24, 2.45) is 0 Å². The van der Waals surface area contributed by atoms with E-state index in [1.54, 1.807) is 0 Å². The second-order valence-corrected chi connectivity index (χ2v) is 4.57. The zero-order valence-electron chi connectivity index (χ0n) is 10.3. The number of nitrogens with zero attached hydrogens (tertiary/aromatic N) is 2. The van der Waals surface area contributed by atoms with Gasteiger partial charge in [0.25, 0.3) is 0 Å². The van der Waals surface area contributed by atoms with Gasteiger partial charge >= 0.3 is 0 Å². The van der Waals surface area contributed by atoms with Crippen LogP contribution in [0, 0.1) is 6.92 Å². The summed E-state index contributed by atoms with van der Waals surface area (Å²) in [6.07, 6.45) is 7.07. The van der Waals surface area contributed by atoms with Gasteiger partial charge in [0.2, 0.25) is 5.91 Å². The van der Waals surface area contributed by atoms with Crippen molar-refractivity contribution in [1.29, 1.82) is 0 Å². The van der Waals surface area contributed by atoms with Crippen LogP contribution in [-0.4, -0.2) is 34.8 Å². The molecule has 2 N–H and O–H groups in total. The van der Waals surface area contributed by atoms with Crippen LogP contribution in [0.25, 0.3) is 0 Å². The molecule has 2 rings (SSSR count). The molecule has 1 aliphatic heterocycles. The second kappa shape index (κ2) is 5.82. The molecule has 0 saturated carbocycles. The van der Waals surface area contributed by atoms with Gasteiger partial charge in [0.15, 0.2) is 0 Å². The molecule has 94 valence electrons. The number of rotatable bonds is 4. The third kappa shape index (κ3) is 3.56. The minimum Gasteiger partial charge on any atom is -0.353 e. The summed E-state index contributed by atoms with van der Waals surface area (Å²) >= 11 is 0. The van der Waals surface area contributed by atoms with Crippen molar-refractivity contribution in [3.05, 3.63) is 18.0 Å². The molecule has 0 aromatic carbocycles. The fourth-order valence-electron chi connectivity index (χ4n) is 2.08. The van der Waals surface area contributed by atoms with E-state index >= 15 is 0 Å². The molecule has 0 radical (unpaired) electrons. The summed E-state index contributed by atoms with van der Waals surface area (Å²) in [6.45, 7) is 4.33. The zero-order valence-corrected chi connectivity index (χ0v) is 10.3. The van der Waals surface area contributed by atoms with Crippen molar-refractivity contribution in [1.82, 2.24) is 20.4 Å². The fraction of sp³-hybridized carbons (Fsp3) is 0.667. The Bertz CT molecular complexity index is 368. The molecule has 0 bridgehead atoms. The van der Waals surface area contributed by atoms with Gasteiger partial charge in [-0.25, -0.2) is 0 Å². The van der Waals surface area contributed by atoms with E-state index < -0.39 is 0 Å². The lowest BCUT2D eigenvalue weighted by Crippen LogP contribution is -2.47. The third-order valence-corrected chi connectivity index (χ3v) is 3.03. The molecule has 2 heterocycles. The molecule has 0 unspecified atom stereocenters. The molecular formula is C12H20N4O. The number of piperidine rings is 1. The van der Waals surface area contributed by atoms with Crippen LogP contribution in [0.1, 0.15) is 24.8 Å². The van der Waals surface area contributed by atoms with Gasteiger partial charge in [-0.3, -0.25) is 9.48 Å². The first-order chi connectivity index (χ1) is 8.25. The summed E-state index contributed by atoms with van der Waals surface area (Å²) in [6, 6.07) is 0.00288. The maximum Gasteiger partial charge on any atom is 0.237 e. The lowest BCUT2D eigenvalue weighted by atomic mass is 10.0. The summed E-state index contributed by atoms with van der Waals surface area (Å²) in [4.78, 5) is 11.8. The number of carbonyl (C=O) groups is 1. The number of amides is 1. The molecule has 1 fully saturated rings. The number of aromatic nitrogens is 2. The molecule has 17 heavy (non-hydrogen) atoms. The minimum absolute atomic E-state index is 0.00288. The molecule has 5 heteroatoms. The number of nitrogens with one attached hydrogen (secondary N) is 2. The summed E-state index contributed by atoms with van der Waals surface area (Å²) in [7, 11) is 0. The topological polar surface area (TPSA) is 59.0 Å². The van der Waals surface area contributed by atoms with Gasteiger partial charge in [0.1, 0.15) is 0 Å². The van der Waals surface area contributed by atoms with E-state index in [0.29, 0.717) is 6.54 Å². The Kier molecular flexibility index (Phi) is 4.14. The van der Waals surface area contributed by atoms with Crippen LogP contribution in [0.2, 0.25) is 0 Å². The first-order valence-corrected chi connectivity index (χ1v) is 6.26. The van der Waals surface area contributed by atoms with E-state index in [1.807, 2.05) is 24.0 Å². The van der Waals surface area contributed by atoms with Crippen LogP contribution in [-0.2, 0) is 11.3 Å². The number of hydrogen-bond acceptors (Lipinski definition) is 3. The van der Waals surface area contributed by atoms with E-state index in [0.717, 1.165) is 31.5 Å². The summed E-state index contributed by atoms with van der Waals surface area (Å²) in [5, 5.41) is 10.4. The molecule has 1 aromatic heterocycles. The van der Waals surface area contributed by atoms with Crippen molar-refractivity contribution in [2.45, 2.75) is 38.8 Å². The molecule has 0 spiro atoms. The van der Waals surface area contributed by atoms with Crippen LogP contribution >= 0.6 is 0 Å². The number of aryl methyl sites for hydroxylation is 1. The van der Waals surface area contributed by atoms with Crippen LogP contribution in [0.5, 0.6) is 0 Å². The molecule has 1 saturated heterocycles. The second-order valence-electron chi connectivity index (χ2n) is 4.57. The normalized spacial score (nSPS) is 20.2. The lowest BCUT2D eigenvalue weighted by molar-refractivity contribution is -0.123. The van der Waals surface area contributed by atoms with Gasteiger partial charge in [-0.15, -0.1) is 0 Å². The monoisotopic (exact) mass is 236 g/mol. The van der Waals surface area contributed by atoms with Crippen LogP contribution in [0.4, 0.5) is 0 Å². The Morgan fingerprint density at radius 1 is 1.65 bits per heavy atom. The van der Waals surface area contributed by atoms with Gasteiger partial charge in [-0.2, -0.15) is 5.10 Å². The largest absolute Gasteiger partial charge is 0.353 e. The number of carbonyl (C=O) groups excluding carboxylic acids is 1. The van der Waals surface area contributed by atoms with Crippen LogP contribution in [0.3, 0.4) is 0 Å². The van der Waals surface area contributed by atoms with Gasteiger partial charge in [-0.05, 0) is 31.9 Å². The Balaban J connectivity index is 1.69. The van der Waals surface area contributed by atoms with Crippen molar-refractivity contribution in [3.63, 3.8) is 0 Å². The molecule has 1 aromatic rings. The third-order valence-electron chi connectivity index (χ3n) is 3.03. The zero-order chi connectivity index (χ0) is 12.1. The van der Waals surface area contributed by atoms with Crippen molar-refractivity contribution >= 4 is 5.91 Å². The molecule has 1 atom stereocenters. The summed E-state index contributed by atoms with van der Waals surface area (Å²) < 4.78 is 1.85. The van der Waals surface area contributed by atoms with Crippen molar-refractivity contribution in [3.8, 4) is 0 Å². The average Bonchev–Trinajstić information content (AvgIpc) is 2.76. The molecule has 0 aliphatic carbocycles. The SMILES string of the molecule is Cc1cnn(CCNC(=O)[C@H]2CCCCN2)c1. The van der Waals surface area contributed by atoms with E-state index in [-0.39, 0.29) is 11.9 Å². The van der Waals surface area contributed by atoms with Crippen molar-refractivity contribution in [2.75, 3.05) is 13.1 Å². The van der Waals surface area contributed by atoms with Gasteiger partial charge in [0.05, 0.1) is 18.8 Å². The standard InChI is InChI=1S/C12H20N4O/c1-10-8-15-16(9-10)7-6-14-12(17)11-4-2-3-5-13-11/h8-9,11,13H,2-7H2,1H3,(H,14,17)/t11-/m1/s1. The Morgan fingerprint density at radius 3 is 3.18 bits per heavy atom. The fourth-order valence-corrected chi connectivity index (χ4v) is 2.08. The van der Waals surface area contributed by atoms with E-state index in [1.165, 1.54) is 6.42 Å². The molecule has 1 amide bonds. The summed E-state index contributed by atoms with van der Waals surface area (Å²) in [5.74, 6) is 0.119. The van der Waals surface area contributed by atoms with E-state index in [9.17, 15) is 4.79 Å². The molecule has 1 aliphatic rings. The first-order valence-electron chi connectivity index (χ1n) is 6.26. The van der Waals surface area contributed by atoms with E-state index in [4.69, 9.17) is 0 Å². The number of hydrogen-bond donors (Lipinski definition) is 2. The highest BCUT2D eigenvalue weighted by Crippen LogP contribution is 2.06. The predicted octanol–water partition coefficient (Wildman–Crippen LogP) is 0.450. The van der Waals surface area contributed by atoms with Gasteiger partial charge < -0.3 is 10.6 Å². The molecule has 5 nitrogen and oxygen atoms in total. The van der Waals surface area contributed by atoms with Crippen LogP contribution < -0.4 is 10.6 Å². The Labute approximate surface area is 102 Å². The first kappa shape index (κ1) is 12.1. The smallest absolute Gasteiger partial charge is 0.237 e. The Morgan fingerprint density at radius 2 is 2.53 bits per heavy atom. The Hall–Kier alpha value is -1.36. The maximum atomic E-state index is 11.8. The van der Waals surface area contributed by atoms with Gasteiger partial charge in [-0.1, -0.05) is 6.42 Å². The highest BCUT2D eigenvalue weighted by molar-refractivity contribution is 5.81. The minimum atomic E-state index is 0.00288. The van der Waals surface area contributed by atoms with E-state index in [2.05, 4.69) is 15.7 Å².